The number of anilines is 3. The van der Waals surface area contributed by atoms with Crippen molar-refractivity contribution >= 4 is 39.4 Å². The van der Waals surface area contributed by atoms with Gasteiger partial charge in [-0.1, -0.05) is 170 Å². The number of fused-ring (bicyclic) bond motifs is 10. The third-order valence-electron chi connectivity index (χ3n) is 12.7. The van der Waals surface area contributed by atoms with E-state index in [4.69, 9.17) is 4.99 Å². The van der Waals surface area contributed by atoms with Gasteiger partial charge in [-0.05, 0) is 121 Å². The molecule has 0 bridgehead atoms. The second-order valence-electron chi connectivity index (χ2n) is 16.0. The van der Waals surface area contributed by atoms with Gasteiger partial charge in [0.15, 0.2) is 0 Å². The lowest BCUT2D eigenvalue weighted by Gasteiger charge is -2.45. The Bertz CT molecular complexity index is 3140. The first-order valence-electron chi connectivity index (χ1n) is 20.7. The normalized spacial score (nSPS) is 15.6. The van der Waals surface area contributed by atoms with Gasteiger partial charge in [0.05, 0.1) is 28.5 Å². The summed E-state index contributed by atoms with van der Waals surface area (Å²) in [5.74, 6) is 0.861. The number of nitrogens with one attached hydrogen (secondary N) is 1. The van der Waals surface area contributed by atoms with Gasteiger partial charge >= 0.3 is 0 Å². The maximum atomic E-state index is 5.26. The van der Waals surface area contributed by atoms with Gasteiger partial charge in [-0.25, -0.2) is 4.99 Å². The van der Waals surface area contributed by atoms with Gasteiger partial charge in [-0.2, -0.15) is 0 Å². The number of para-hydroxylation sites is 3. The minimum absolute atomic E-state index is 0.0201. The lowest BCUT2D eigenvalue weighted by molar-refractivity contribution is 0.754. The zero-order chi connectivity index (χ0) is 39.6. The van der Waals surface area contributed by atoms with Crippen LogP contribution >= 0.6 is 0 Å². The molecule has 3 aliphatic rings. The standard InChI is InChI=1S/C57H39N3/c1-4-17-38(18-5-1)52-37-53(39-19-6-2-7-20-39)59-56(58-52)44-24-16-23-40(33-44)43-31-32-46-47-34-41-21-10-11-22-42(41)35-51(47)57(50(46)36-43)48-27-12-14-29-54(48)60(45-25-8-3-9-26-45)55-30-15-13-28-49(55)57/h1-37,52H,(H,58,59). The predicted molar refractivity (Wildman–Crippen MR) is 248 cm³/mol. The highest BCUT2D eigenvalue weighted by atomic mass is 15.2. The first-order valence-corrected chi connectivity index (χ1v) is 20.7. The first-order chi connectivity index (χ1) is 29.7. The topological polar surface area (TPSA) is 27.6 Å². The molecule has 1 atom stereocenters. The van der Waals surface area contributed by atoms with Crippen molar-refractivity contribution in [2.75, 3.05) is 4.90 Å². The smallest absolute Gasteiger partial charge is 0.134 e. The third kappa shape index (κ3) is 5.26. The van der Waals surface area contributed by atoms with E-state index in [0.29, 0.717) is 0 Å². The summed E-state index contributed by atoms with van der Waals surface area (Å²) in [7, 11) is 0. The van der Waals surface area contributed by atoms with Crippen LogP contribution in [0.25, 0.3) is 38.7 Å². The fourth-order valence-electron chi connectivity index (χ4n) is 10.0. The molecule has 0 amide bonds. The molecule has 9 aromatic carbocycles. The molecule has 0 radical (unpaired) electrons. The number of benzene rings is 9. The van der Waals surface area contributed by atoms with Gasteiger partial charge in [-0.15, -0.1) is 0 Å². The van der Waals surface area contributed by atoms with Gasteiger partial charge in [0.2, 0.25) is 0 Å². The Hall–Kier alpha value is -7.75. The van der Waals surface area contributed by atoms with Gasteiger partial charge < -0.3 is 10.2 Å². The number of aliphatic imine (C=N–C) groups is 1. The van der Waals surface area contributed by atoms with E-state index < -0.39 is 5.41 Å². The van der Waals surface area contributed by atoms with Crippen LogP contribution < -0.4 is 10.2 Å². The molecular weight excluding hydrogens is 727 g/mol. The molecule has 1 spiro atoms. The summed E-state index contributed by atoms with van der Waals surface area (Å²) in [6, 6.07) is 79.7. The predicted octanol–water partition coefficient (Wildman–Crippen LogP) is 13.8. The zero-order valence-corrected chi connectivity index (χ0v) is 32.8. The van der Waals surface area contributed by atoms with Crippen molar-refractivity contribution in [3.8, 4) is 22.3 Å². The van der Waals surface area contributed by atoms with Crippen LogP contribution in [0.4, 0.5) is 17.1 Å². The van der Waals surface area contributed by atoms with Crippen LogP contribution in [0, 0.1) is 0 Å². The SMILES string of the molecule is C1=C(c2ccccc2)N=C(c2cccc(-c3ccc4c(c3)C3(c5cc6ccccc6cc5-4)c4ccccc4N(c4ccccc4)c4ccccc43)c2)NC1c1ccccc1. The van der Waals surface area contributed by atoms with E-state index >= 15 is 0 Å². The second-order valence-corrected chi connectivity index (χ2v) is 16.0. The van der Waals surface area contributed by atoms with Crippen LogP contribution in [0.2, 0.25) is 0 Å². The molecule has 1 unspecified atom stereocenters. The lowest BCUT2D eigenvalue weighted by atomic mass is 9.64. The lowest BCUT2D eigenvalue weighted by Crippen LogP contribution is -2.36. The molecule has 60 heavy (non-hydrogen) atoms. The van der Waals surface area contributed by atoms with E-state index in [-0.39, 0.29) is 6.04 Å². The Kier molecular flexibility index (Phi) is 7.82. The minimum Gasteiger partial charge on any atom is -0.359 e. The molecule has 0 saturated carbocycles. The zero-order valence-electron chi connectivity index (χ0n) is 32.8. The molecule has 2 aliphatic heterocycles. The maximum absolute atomic E-state index is 5.26. The number of nitrogens with zero attached hydrogens (tertiary/aromatic N) is 2. The van der Waals surface area contributed by atoms with Crippen LogP contribution in [0.15, 0.2) is 229 Å². The summed E-state index contributed by atoms with van der Waals surface area (Å²) < 4.78 is 0. The highest BCUT2D eigenvalue weighted by molar-refractivity contribution is 6.05. The van der Waals surface area contributed by atoms with Gasteiger partial charge in [-0.3, -0.25) is 0 Å². The fourth-order valence-corrected chi connectivity index (χ4v) is 10.0. The van der Waals surface area contributed by atoms with Crippen LogP contribution in [0.1, 0.15) is 45.0 Å². The van der Waals surface area contributed by atoms with Crippen LogP contribution in [-0.4, -0.2) is 5.84 Å². The maximum Gasteiger partial charge on any atom is 0.134 e. The fraction of sp³-hybridized carbons (Fsp3) is 0.0351. The van der Waals surface area contributed by atoms with Crippen molar-refractivity contribution in [2.24, 2.45) is 4.99 Å². The van der Waals surface area contributed by atoms with E-state index in [9.17, 15) is 0 Å². The Balaban J connectivity index is 1.06. The van der Waals surface area contributed by atoms with E-state index in [0.717, 1.165) is 33.9 Å². The van der Waals surface area contributed by atoms with Gasteiger partial charge in [0.1, 0.15) is 5.84 Å². The van der Waals surface area contributed by atoms with Crippen LogP contribution in [-0.2, 0) is 5.41 Å². The molecule has 9 aromatic rings. The highest BCUT2D eigenvalue weighted by Gasteiger charge is 2.52. The Morgan fingerprint density at radius 3 is 1.72 bits per heavy atom. The summed E-state index contributed by atoms with van der Waals surface area (Å²) >= 11 is 0. The van der Waals surface area contributed by atoms with Crippen molar-refractivity contribution in [3.05, 3.63) is 263 Å². The van der Waals surface area contributed by atoms with Crippen molar-refractivity contribution in [1.29, 1.82) is 0 Å². The number of hydrogen-bond donors (Lipinski definition) is 1. The van der Waals surface area contributed by atoms with E-state index in [2.05, 4.69) is 235 Å². The minimum atomic E-state index is -0.561. The monoisotopic (exact) mass is 765 g/mol. The highest BCUT2D eigenvalue weighted by Crippen LogP contribution is 2.64. The molecule has 1 aliphatic carbocycles. The second kappa shape index (κ2) is 13.7. The van der Waals surface area contributed by atoms with Crippen molar-refractivity contribution in [2.45, 2.75) is 11.5 Å². The molecule has 0 fully saturated rings. The summed E-state index contributed by atoms with van der Waals surface area (Å²) in [5, 5.41) is 6.28. The molecular formula is C57H39N3. The number of amidine groups is 1. The molecule has 3 nitrogen and oxygen atoms in total. The number of rotatable bonds is 5. The molecule has 0 aromatic heterocycles. The molecule has 0 saturated heterocycles. The molecule has 1 N–H and O–H groups in total. The Morgan fingerprint density at radius 1 is 0.417 bits per heavy atom. The average Bonchev–Trinajstić information content (AvgIpc) is 3.60. The van der Waals surface area contributed by atoms with Crippen LogP contribution in [0.3, 0.4) is 0 Å². The molecule has 282 valence electrons. The summed E-state index contributed by atoms with van der Waals surface area (Å²) in [4.78, 5) is 7.70. The third-order valence-corrected chi connectivity index (χ3v) is 12.7. The van der Waals surface area contributed by atoms with Crippen LogP contribution in [0.5, 0.6) is 0 Å². The quantitative estimate of drug-likeness (QED) is 0.189. The van der Waals surface area contributed by atoms with Gasteiger partial charge in [0, 0.05) is 11.3 Å². The largest absolute Gasteiger partial charge is 0.359 e. The van der Waals surface area contributed by atoms with E-state index in [1.165, 1.54) is 66.7 Å². The average molecular weight is 766 g/mol. The summed E-state index contributed by atoms with van der Waals surface area (Å²) in [5.41, 5.74) is 17.3. The number of hydrogen-bond acceptors (Lipinski definition) is 3. The molecule has 12 rings (SSSR count). The van der Waals surface area contributed by atoms with Crippen molar-refractivity contribution < 1.29 is 0 Å². The van der Waals surface area contributed by atoms with E-state index in [1.807, 2.05) is 0 Å². The summed E-state index contributed by atoms with van der Waals surface area (Å²) in [6.07, 6.45) is 2.23. The molecule has 2 heterocycles. The molecule has 3 heteroatoms. The van der Waals surface area contributed by atoms with Gasteiger partial charge in [0.25, 0.3) is 0 Å². The first kappa shape index (κ1) is 34.3. The van der Waals surface area contributed by atoms with Crippen molar-refractivity contribution in [3.63, 3.8) is 0 Å². The Labute approximate surface area is 350 Å². The Morgan fingerprint density at radius 2 is 0.983 bits per heavy atom. The van der Waals surface area contributed by atoms with Crippen molar-refractivity contribution in [1.82, 2.24) is 5.32 Å². The van der Waals surface area contributed by atoms with E-state index in [1.54, 1.807) is 0 Å². The summed E-state index contributed by atoms with van der Waals surface area (Å²) in [6.45, 7) is 0.